The standard InChI is InChI=1S/C27H33N3O6/c1-9-27(5)19-14-16(15(2)12-18(19)26(3,4)36-27)13-17-10-11-20(35-17)22(31)28-21-23(32-6)29-25(34-8)30-24(21)33-7/h10-12,14H,9,13H2,1-8H3,(H,28,31). The van der Waals surface area contributed by atoms with Gasteiger partial charge in [0, 0.05) is 6.42 Å². The Kier molecular flexibility index (Phi) is 6.70. The Morgan fingerprint density at radius 1 is 1.00 bits per heavy atom. The molecule has 2 aromatic heterocycles. The largest absolute Gasteiger partial charge is 0.479 e. The Morgan fingerprint density at radius 2 is 1.67 bits per heavy atom. The molecule has 1 unspecified atom stereocenters. The molecule has 3 heterocycles. The highest BCUT2D eigenvalue weighted by atomic mass is 16.5. The third-order valence-electron chi connectivity index (χ3n) is 6.73. The summed E-state index contributed by atoms with van der Waals surface area (Å²) in [4.78, 5) is 21.2. The van der Waals surface area contributed by atoms with Crippen LogP contribution in [0.4, 0.5) is 5.69 Å². The minimum Gasteiger partial charge on any atom is -0.479 e. The third-order valence-corrected chi connectivity index (χ3v) is 6.73. The van der Waals surface area contributed by atoms with E-state index in [-0.39, 0.29) is 40.4 Å². The van der Waals surface area contributed by atoms with Crippen LogP contribution >= 0.6 is 0 Å². The SMILES string of the molecule is CCC1(C)OC(C)(C)c2cc(C)c(Cc3ccc(C(=O)Nc4c(OC)nc(OC)nc4OC)o3)cc21. The van der Waals surface area contributed by atoms with E-state index in [4.69, 9.17) is 23.4 Å². The van der Waals surface area contributed by atoms with Gasteiger partial charge < -0.3 is 28.7 Å². The minimum atomic E-state index is -0.481. The molecule has 0 radical (unpaired) electrons. The molecule has 3 aromatic rings. The van der Waals surface area contributed by atoms with Crippen molar-refractivity contribution in [3.63, 3.8) is 0 Å². The predicted octanol–water partition coefficient (Wildman–Crippen LogP) is 5.14. The number of fused-ring (bicyclic) bond motifs is 1. The number of hydrogen-bond acceptors (Lipinski definition) is 8. The summed E-state index contributed by atoms with van der Waals surface area (Å²) in [7, 11) is 4.28. The Morgan fingerprint density at radius 3 is 2.25 bits per heavy atom. The number of carbonyl (C=O) groups excluding carboxylic acids is 1. The normalized spacial score (nSPS) is 18.0. The van der Waals surface area contributed by atoms with Gasteiger partial charge in [-0.05, 0) is 68.5 Å². The van der Waals surface area contributed by atoms with Gasteiger partial charge >= 0.3 is 6.01 Å². The lowest BCUT2D eigenvalue weighted by Crippen LogP contribution is -2.25. The molecule has 0 saturated heterocycles. The molecular weight excluding hydrogens is 462 g/mol. The van der Waals surface area contributed by atoms with E-state index in [1.54, 1.807) is 12.1 Å². The van der Waals surface area contributed by atoms with Gasteiger partial charge in [-0.1, -0.05) is 19.1 Å². The molecule has 1 aliphatic rings. The second-order valence-electron chi connectivity index (χ2n) is 9.52. The van der Waals surface area contributed by atoms with Crippen molar-refractivity contribution in [3.05, 3.63) is 58.0 Å². The average molecular weight is 496 g/mol. The first-order valence-corrected chi connectivity index (χ1v) is 11.8. The molecule has 9 heteroatoms. The van der Waals surface area contributed by atoms with Crippen molar-refractivity contribution < 1.29 is 28.2 Å². The highest BCUT2D eigenvalue weighted by molar-refractivity contribution is 6.03. The Bertz CT molecular complexity index is 1270. The third kappa shape index (κ3) is 4.51. The highest BCUT2D eigenvalue weighted by Gasteiger charge is 2.45. The lowest BCUT2D eigenvalue weighted by molar-refractivity contribution is -0.117. The van der Waals surface area contributed by atoms with Gasteiger partial charge in [0.25, 0.3) is 5.91 Å². The van der Waals surface area contributed by atoms with E-state index in [9.17, 15) is 4.79 Å². The highest BCUT2D eigenvalue weighted by Crippen LogP contribution is 2.49. The van der Waals surface area contributed by atoms with E-state index in [0.717, 1.165) is 17.5 Å². The number of benzene rings is 1. The van der Waals surface area contributed by atoms with Crippen LogP contribution in [0.1, 0.15) is 72.7 Å². The number of nitrogens with one attached hydrogen (secondary N) is 1. The van der Waals surface area contributed by atoms with E-state index >= 15 is 0 Å². The van der Waals surface area contributed by atoms with Gasteiger partial charge in [-0.2, -0.15) is 9.97 Å². The van der Waals surface area contributed by atoms with Crippen molar-refractivity contribution >= 4 is 11.6 Å². The average Bonchev–Trinajstić information content (AvgIpc) is 3.40. The number of anilines is 1. The van der Waals surface area contributed by atoms with Gasteiger partial charge in [0.2, 0.25) is 11.8 Å². The molecule has 1 atom stereocenters. The number of amides is 1. The van der Waals surface area contributed by atoms with E-state index < -0.39 is 5.91 Å². The van der Waals surface area contributed by atoms with Gasteiger partial charge in [-0.25, -0.2) is 0 Å². The Balaban J connectivity index is 1.58. The van der Waals surface area contributed by atoms with Crippen molar-refractivity contribution in [1.29, 1.82) is 0 Å². The Hall–Kier alpha value is -3.59. The fourth-order valence-corrected chi connectivity index (χ4v) is 4.67. The number of carbonyl (C=O) groups is 1. The first-order chi connectivity index (χ1) is 17.0. The Labute approximate surface area is 211 Å². The second-order valence-corrected chi connectivity index (χ2v) is 9.52. The van der Waals surface area contributed by atoms with Crippen molar-refractivity contribution in [3.8, 4) is 17.8 Å². The zero-order chi connectivity index (χ0) is 26.3. The van der Waals surface area contributed by atoms with Crippen LogP contribution < -0.4 is 19.5 Å². The summed E-state index contributed by atoms with van der Waals surface area (Å²) in [5.74, 6) is 0.551. The van der Waals surface area contributed by atoms with E-state index in [1.807, 2.05) is 0 Å². The summed E-state index contributed by atoms with van der Waals surface area (Å²) >= 11 is 0. The molecule has 1 amide bonds. The smallest absolute Gasteiger partial charge is 0.322 e. The molecule has 0 bridgehead atoms. The van der Waals surface area contributed by atoms with Gasteiger partial charge in [-0.3, -0.25) is 4.79 Å². The molecule has 0 saturated carbocycles. The van der Waals surface area contributed by atoms with Crippen LogP contribution in [0.5, 0.6) is 17.8 Å². The predicted molar refractivity (Wildman–Crippen MR) is 134 cm³/mol. The summed E-state index contributed by atoms with van der Waals surface area (Å²) in [6.45, 7) is 10.6. The maximum absolute atomic E-state index is 13.0. The molecule has 0 aliphatic carbocycles. The summed E-state index contributed by atoms with van der Waals surface area (Å²) in [6, 6.07) is 7.93. The molecule has 1 aliphatic heterocycles. The first-order valence-electron chi connectivity index (χ1n) is 11.8. The number of methoxy groups -OCH3 is 3. The molecule has 36 heavy (non-hydrogen) atoms. The number of ether oxygens (including phenoxy) is 4. The van der Waals surface area contributed by atoms with Crippen LogP contribution in [0.2, 0.25) is 0 Å². The molecule has 0 fully saturated rings. The lowest BCUT2D eigenvalue weighted by atomic mass is 9.84. The molecule has 0 spiro atoms. The van der Waals surface area contributed by atoms with Crippen LogP contribution in [0, 0.1) is 6.92 Å². The van der Waals surface area contributed by atoms with Gasteiger partial charge in [0.05, 0.1) is 32.5 Å². The fourth-order valence-electron chi connectivity index (χ4n) is 4.67. The number of rotatable bonds is 8. The topological polar surface area (TPSA) is 105 Å². The maximum Gasteiger partial charge on any atom is 0.322 e. The first kappa shape index (κ1) is 25.5. The van der Waals surface area contributed by atoms with Gasteiger partial charge in [0.15, 0.2) is 11.4 Å². The molecule has 192 valence electrons. The van der Waals surface area contributed by atoms with Crippen LogP contribution in [-0.2, 0) is 22.4 Å². The van der Waals surface area contributed by atoms with E-state index in [2.05, 4.69) is 62.0 Å². The van der Waals surface area contributed by atoms with Gasteiger partial charge in [0.1, 0.15) is 5.76 Å². The van der Waals surface area contributed by atoms with Crippen molar-refractivity contribution in [2.45, 2.75) is 58.7 Å². The van der Waals surface area contributed by atoms with Crippen LogP contribution in [0.15, 0.2) is 28.7 Å². The minimum absolute atomic E-state index is 0.0552. The number of aryl methyl sites for hydroxylation is 1. The number of hydrogen-bond donors (Lipinski definition) is 1. The lowest BCUT2D eigenvalue weighted by Gasteiger charge is -2.27. The summed E-state index contributed by atoms with van der Waals surface area (Å²) in [5.41, 5.74) is 4.21. The van der Waals surface area contributed by atoms with Crippen LogP contribution in [0.3, 0.4) is 0 Å². The second kappa shape index (κ2) is 9.46. The molecule has 4 rings (SSSR count). The van der Waals surface area contributed by atoms with Crippen LogP contribution in [0.25, 0.3) is 0 Å². The van der Waals surface area contributed by atoms with E-state index in [1.165, 1.54) is 32.5 Å². The number of aromatic nitrogens is 2. The summed E-state index contributed by atoms with van der Waals surface area (Å²) < 4.78 is 28.0. The van der Waals surface area contributed by atoms with E-state index in [0.29, 0.717) is 12.2 Å². The quantitative estimate of drug-likeness (QED) is 0.458. The zero-order valence-corrected chi connectivity index (χ0v) is 22.1. The molecule has 9 nitrogen and oxygen atoms in total. The fraction of sp³-hybridized carbons (Fsp3) is 0.444. The van der Waals surface area contributed by atoms with Crippen molar-refractivity contribution in [2.24, 2.45) is 0 Å². The molecular formula is C27H33N3O6. The monoisotopic (exact) mass is 495 g/mol. The summed E-state index contributed by atoms with van der Waals surface area (Å²) in [5, 5.41) is 2.72. The molecule has 1 N–H and O–H groups in total. The summed E-state index contributed by atoms with van der Waals surface area (Å²) in [6.07, 6.45) is 1.42. The van der Waals surface area contributed by atoms with Gasteiger partial charge in [-0.15, -0.1) is 0 Å². The zero-order valence-electron chi connectivity index (χ0n) is 22.1. The van der Waals surface area contributed by atoms with Crippen molar-refractivity contribution in [1.82, 2.24) is 9.97 Å². The molecule has 1 aromatic carbocycles. The number of furan rings is 1. The maximum atomic E-state index is 13.0. The number of nitrogens with zero attached hydrogens (tertiary/aromatic N) is 2. The van der Waals surface area contributed by atoms with Crippen molar-refractivity contribution in [2.75, 3.05) is 26.6 Å². The van der Waals surface area contributed by atoms with Crippen LogP contribution in [-0.4, -0.2) is 37.2 Å².